The van der Waals surface area contributed by atoms with Gasteiger partial charge in [-0.25, -0.2) is 14.4 Å². The molecule has 2 aliphatic rings. The first-order chi connectivity index (χ1) is 15.0. The molecule has 1 aromatic carbocycles. The van der Waals surface area contributed by atoms with Crippen LogP contribution in [0.15, 0.2) is 35.5 Å². The number of hydrogen-bond acceptors (Lipinski definition) is 6. The quantitative estimate of drug-likeness (QED) is 0.692. The Balaban J connectivity index is 1.66. The van der Waals surface area contributed by atoms with Gasteiger partial charge in [-0.05, 0) is 44.2 Å². The average molecular weight is 423 g/mol. The van der Waals surface area contributed by atoms with Gasteiger partial charge in [-0.15, -0.1) is 0 Å². The van der Waals surface area contributed by atoms with Crippen molar-refractivity contribution in [3.05, 3.63) is 52.4 Å². The summed E-state index contributed by atoms with van der Waals surface area (Å²) in [6.45, 7) is 3.53. The summed E-state index contributed by atoms with van der Waals surface area (Å²) in [7, 11) is 0. The average Bonchev–Trinajstić information content (AvgIpc) is 3.23. The maximum absolute atomic E-state index is 13.2. The third-order valence-corrected chi connectivity index (χ3v) is 5.62. The minimum absolute atomic E-state index is 0.203. The molecule has 8 nitrogen and oxygen atoms in total. The number of ether oxygens (including phenoxy) is 2. The fourth-order valence-electron chi connectivity index (χ4n) is 4.23. The van der Waals surface area contributed by atoms with E-state index in [0.717, 1.165) is 41.4 Å². The molecule has 0 unspecified atom stereocenters. The van der Waals surface area contributed by atoms with E-state index < -0.39 is 24.0 Å². The van der Waals surface area contributed by atoms with E-state index in [0.29, 0.717) is 12.0 Å². The summed E-state index contributed by atoms with van der Waals surface area (Å²) in [4.78, 5) is 42.4. The predicted molar refractivity (Wildman–Crippen MR) is 113 cm³/mol. The van der Waals surface area contributed by atoms with E-state index in [9.17, 15) is 14.4 Å². The lowest BCUT2D eigenvalue weighted by Crippen LogP contribution is -2.51. The molecule has 0 saturated carbocycles. The van der Waals surface area contributed by atoms with E-state index in [4.69, 9.17) is 14.5 Å². The standard InChI is InChI=1S/C23H25N3O5/c1-3-15-20(22(28)30-4-2)18(26-23(29)25-15)12-31-21(27)19-13-8-5-6-10-16(13)24-17-11-7-9-14(17)19/h5-6,8,10,15H,3-4,7,9,11-12H2,1-2H3,(H2,25,26,29)/t15-/m0/s1. The summed E-state index contributed by atoms with van der Waals surface area (Å²) in [5.41, 5.74) is 3.65. The molecule has 1 aromatic heterocycles. The van der Waals surface area contributed by atoms with Crippen LogP contribution in [0, 0.1) is 0 Å². The fourth-order valence-corrected chi connectivity index (χ4v) is 4.23. The zero-order chi connectivity index (χ0) is 22.0. The van der Waals surface area contributed by atoms with Gasteiger partial charge in [-0.3, -0.25) is 4.98 Å². The Morgan fingerprint density at radius 3 is 2.71 bits per heavy atom. The molecule has 1 aliphatic heterocycles. The Morgan fingerprint density at radius 1 is 1.13 bits per heavy atom. The van der Waals surface area contributed by atoms with Gasteiger partial charge in [0.2, 0.25) is 0 Å². The summed E-state index contributed by atoms with van der Waals surface area (Å²) >= 11 is 0. The van der Waals surface area contributed by atoms with Crippen molar-refractivity contribution in [2.75, 3.05) is 13.2 Å². The third-order valence-electron chi connectivity index (χ3n) is 5.62. The number of nitrogens with one attached hydrogen (secondary N) is 2. The topological polar surface area (TPSA) is 107 Å². The van der Waals surface area contributed by atoms with Crippen molar-refractivity contribution < 1.29 is 23.9 Å². The third kappa shape index (κ3) is 3.97. The number of pyridine rings is 1. The van der Waals surface area contributed by atoms with Gasteiger partial charge in [0.05, 0.1) is 35.0 Å². The van der Waals surface area contributed by atoms with E-state index in [1.54, 1.807) is 6.92 Å². The molecule has 0 saturated heterocycles. The van der Waals surface area contributed by atoms with Crippen LogP contribution < -0.4 is 10.6 Å². The van der Waals surface area contributed by atoms with E-state index in [1.807, 2.05) is 31.2 Å². The second kappa shape index (κ2) is 8.75. The van der Waals surface area contributed by atoms with Crippen LogP contribution in [0.25, 0.3) is 10.9 Å². The highest BCUT2D eigenvalue weighted by atomic mass is 16.5. The molecule has 162 valence electrons. The van der Waals surface area contributed by atoms with E-state index in [2.05, 4.69) is 10.6 Å². The SMILES string of the molecule is CCOC(=O)C1=C(COC(=O)c2c3c(nc4ccccc24)CCC3)NC(=O)N[C@H]1CC. The van der Waals surface area contributed by atoms with E-state index in [1.165, 1.54) is 0 Å². The number of carbonyl (C=O) groups is 3. The summed E-state index contributed by atoms with van der Waals surface area (Å²) in [5.74, 6) is -1.03. The van der Waals surface area contributed by atoms with Crippen LogP contribution in [0.2, 0.25) is 0 Å². The molecule has 2 heterocycles. The van der Waals surface area contributed by atoms with Gasteiger partial charge < -0.3 is 20.1 Å². The lowest BCUT2D eigenvalue weighted by atomic mass is 10.00. The predicted octanol–water partition coefficient (Wildman–Crippen LogP) is 2.79. The van der Waals surface area contributed by atoms with Crippen LogP contribution in [0.5, 0.6) is 0 Å². The second-order valence-electron chi connectivity index (χ2n) is 7.53. The second-order valence-corrected chi connectivity index (χ2v) is 7.53. The molecule has 0 bridgehead atoms. The fraction of sp³-hybridized carbons (Fsp3) is 0.391. The maximum Gasteiger partial charge on any atom is 0.339 e. The van der Waals surface area contributed by atoms with E-state index in [-0.39, 0.29) is 24.5 Å². The number of aromatic nitrogens is 1. The Morgan fingerprint density at radius 2 is 1.94 bits per heavy atom. The van der Waals surface area contributed by atoms with Crippen molar-refractivity contribution in [2.45, 2.75) is 45.6 Å². The molecule has 0 radical (unpaired) electrons. The molecule has 2 amide bonds. The number of carbonyl (C=O) groups excluding carboxylic acids is 3. The van der Waals surface area contributed by atoms with Crippen molar-refractivity contribution in [1.29, 1.82) is 0 Å². The molecule has 0 fully saturated rings. The number of fused-ring (bicyclic) bond motifs is 2. The van der Waals surface area contributed by atoms with Crippen LogP contribution in [-0.4, -0.2) is 42.2 Å². The normalized spacial score (nSPS) is 17.7. The van der Waals surface area contributed by atoms with Gasteiger partial charge in [-0.1, -0.05) is 25.1 Å². The molecule has 1 aliphatic carbocycles. The highest BCUT2D eigenvalue weighted by Gasteiger charge is 2.32. The molecule has 31 heavy (non-hydrogen) atoms. The van der Waals surface area contributed by atoms with Crippen LogP contribution in [0.1, 0.15) is 48.3 Å². The number of rotatable bonds is 6. The van der Waals surface area contributed by atoms with Gasteiger partial charge in [-0.2, -0.15) is 0 Å². The smallest absolute Gasteiger partial charge is 0.339 e. The number of esters is 2. The van der Waals surface area contributed by atoms with Gasteiger partial charge in [0, 0.05) is 11.1 Å². The molecule has 4 rings (SSSR count). The monoisotopic (exact) mass is 423 g/mol. The summed E-state index contributed by atoms with van der Waals surface area (Å²) in [5, 5.41) is 6.06. The van der Waals surface area contributed by atoms with Gasteiger partial charge in [0.1, 0.15) is 6.61 Å². The number of aryl methyl sites for hydroxylation is 1. The van der Waals surface area contributed by atoms with Crippen LogP contribution >= 0.6 is 0 Å². The van der Waals surface area contributed by atoms with Crippen molar-refractivity contribution in [3.8, 4) is 0 Å². The summed E-state index contributed by atoms with van der Waals surface area (Å²) in [6, 6.07) is 6.54. The largest absolute Gasteiger partial charge is 0.463 e. The van der Waals surface area contributed by atoms with Gasteiger partial charge in [0.25, 0.3) is 0 Å². The number of benzene rings is 1. The Hall–Kier alpha value is -3.42. The summed E-state index contributed by atoms with van der Waals surface area (Å²) in [6.07, 6.45) is 3.05. The highest BCUT2D eigenvalue weighted by molar-refractivity contribution is 6.05. The lowest BCUT2D eigenvalue weighted by molar-refractivity contribution is -0.139. The molecule has 0 spiro atoms. The minimum atomic E-state index is -0.539. The van der Waals surface area contributed by atoms with Crippen molar-refractivity contribution in [3.63, 3.8) is 0 Å². The molecule has 1 atom stereocenters. The molecule has 8 heteroatoms. The summed E-state index contributed by atoms with van der Waals surface area (Å²) < 4.78 is 10.8. The number of nitrogens with zero attached hydrogens (tertiary/aromatic N) is 1. The number of hydrogen-bond donors (Lipinski definition) is 2. The van der Waals surface area contributed by atoms with Crippen molar-refractivity contribution in [2.24, 2.45) is 0 Å². The molecule has 2 N–H and O–H groups in total. The van der Waals surface area contributed by atoms with E-state index >= 15 is 0 Å². The van der Waals surface area contributed by atoms with Gasteiger partial charge in [0.15, 0.2) is 0 Å². The van der Waals surface area contributed by atoms with Gasteiger partial charge >= 0.3 is 18.0 Å². The van der Waals surface area contributed by atoms with Crippen molar-refractivity contribution >= 4 is 28.9 Å². The minimum Gasteiger partial charge on any atom is -0.463 e. The Kier molecular flexibility index (Phi) is 5.88. The number of para-hydroxylation sites is 1. The Bertz CT molecular complexity index is 1090. The van der Waals surface area contributed by atoms with Crippen LogP contribution in [0.4, 0.5) is 4.79 Å². The number of amides is 2. The Labute approximate surface area is 180 Å². The zero-order valence-corrected chi connectivity index (χ0v) is 17.6. The zero-order valence-electron chi connectivity index (χ0n) is 17.6. The van der Waals surface area contributed by atoms with Crippen LogP contribution in [-0.2, 0) is 27.1 Å². The molecule has 2 aromatic rings. The first-order valence-corrected chi connectivity index (χ1v) is 10.6. The highest BCUT2D eigenvalue weighted by Crippen LogP contribution is 2.30. The molecular formula is C23H25N3O5. The lowest BCUT2D eigenvalue weighted by Gasteiger charge is -2.28. The van der Waals surface area contributed by atoms with Crippen molar-refractivity contribution in [1.82, 2.24) is 15.6 Å². The number of urea groups is 1. The molecular weight excluding hydrogens is 398 g/mol. The maximum atomic E-state index is 13.2. The first-order valence-electron chi connectivity index (χ1n) is 10.6. The van der Waals surface area contributed by atoms with Crippen LogP contribution in [0.3, 0.4) is 0 Å². The first kappa shape index (κ1) is 20.8.